The third kappa shape index (κ3) is 7.15. The molecule has 0 unspecified atom stereocenters. The molecule has 0 bridgehead atoms. The first-order chi connectivity index (χ1) is 17.1. The van der Waals surface area contributed by atoms with Crippen molar-refractivity contribution in [3.8, 4) is 10.6 Å². The standard InChI is InChI=1S/C27H27N5O2S/c28-23-9-4-5-10-24(23)32-26(34)12-6-11-25(33)31-21-15-13-19(14-16-21)27-30-18-22(35-27)17-29-20-7-2-1-3-8-20/h1-5,7-10,13-16,18,29H,6,11-12,17,28H2,(H,31,33)(H,32,34). The lowest BCUT2D eigenvalue weighted by Gasteiger charge is -2.08. The third-order valence-electron chi connectivity index (χ3n) is 5.25. The van der Waals surface area contributed by atoms with Crippen molar-refractivity contribution < 1.29 is 9.59 Å². The van der Waals surface area contributed by atoms with Crippen LogP contribution in [0.3, 0.4) is 0 Å². The van der Waals surface area contributed by atoms with Gasteiger partial charge in [0.25, 0.3) is 0 Å². The first-order valence-electron chi connectivity index (χ1n) is 11.3. The lowest BCUT2D eigenvalue weighted by atomic mass is 10.2. The SMILES string of the molecule is Nc1ccccc1NC(=O)CCCC(=O)Nc1ccc(-c2ncc(CNc3ccccc3)s2)cc1. The van der Waals surface area contributed by atoms with E-state index >= 15 is 0 Å². The number of aromatic nitrogens is 1. The van der Waals surface area contributed by atoms with Gasteiger partial charge in [-0.25, -0.2) is 4.98 Å². The quantitative estimate of drug-likeness (QED) is 0.214. The molecule has 0 aliphatic heterocycles. The summed E-state index contributed by atoms with van der Waals surface area (Å²) in [6.07, 6.45) is 2.82. The molecular weight excluding hydrogens is 458 g/mol. The van der Waals surface area contributed by atoms with Gasteiger partial charge in [-0.1, -0.05) is 30.3 Å². The minimum absolute atomic E-state index is 0.131. The van der Waals surface area contributed by atoms with Gasteiger partial charge in [0.1, 0.15) is 5.01 Å². The van der Waals surface area contributed by atoms with Crippen LogP contribution in [0.5, 0.6) is 0 Å². The van der Waals surface area contributed by atoms with Crippen LogP contribution in [-0.2, 0) is 16.1 Å². The summed E-state index contributed by atoms with van der Waals surface area (Å²) in [6, 6.07) is 24.8. The number of nitrogen functional groups attached to an aromatic ring is 1. The molecule has 0 fully saturated rings. The number of nitrogens with one attached hydrogen (secondary N) is 3. The number of hydrogen-bond donors (Lipinski definition) is 4. The van der Waals surface area contributed by atoms with Crippen LogP contribution in [0.15, 0.2) is 85.1 Å². The maximum Gasteiger partial charge on any atom is 0.224 e. The molecule has 0 atom stereocenters. The van der Waals surface area contributed by atoms with E-state index in [0.717, 1.165) is 21.1 Å². The number of anilines is 4. The van der Waals surface area contributed by atoms with Gasteiger partial charge >= 0.3 is 0 Å². The number of carbonyl (C=O) groups excluding carboxylic acids is 2. The molecular formula is C27H27N5O2S. The molecule has 1 heterocycles. The van der Waals surface area contributed by atoms with E-state index in [2.05, 4.69) is 20.9 Å². The second-order valence-corrected chi connectivity index (χ2v) is 9.08. The lowest BCUT2D eigenvalue weighted by Crippen LogP contribution is -2.15. The third-order valence-corrected chi connectivity index (χ3v) is 6.30. The van der Waals surface area contributed by atoms with E-state index in [1.807, 2.05) is 60.8 Å². The van der Waals surface area contributed by atoms with Crippen LogP contribution >= 0.6 is 11.3 Å². The Morgan fingerprint density at radius 2 is 1.49 bits per heavy atom. The molecule has 0 radical (unpaired) electrons. The summed E-state index contributed by atoms with van der Waals surface area (Å²) in [5.41, 5.74) is 9.71. The number of benzene rings is 3. The van der Waals surface area contributed by atoms with Crippen LogP contribution in [0.25, 0.3) is 10.6 Å². The maximum atomic E-state index is 12.3. The fourth-order valence-corrected chi connectivity index (χ4v) is 4.28. The zero-order valence-corrected chi connectivity index (χ0v) is 20.0. The van der Waals surface area contributed by atoms with Crippen molar-refractivity contribution in [2.75, 3.05) is 21.7 Å². The Bertz CT molecular complexity index is 1270. The molecule has 4 aromatic rings. The summed E-state index contributed by atoms with van der Waals surface area (Å²) in [7, 11) is 0. The molecule has 35 heavy (non-hydrogen) atoms. The van der Waals surface area contributed by atoms with Crippen LogP contribution in [0.2, 0.25) is 0 Å². The monoisotopic (exact) mass is 485 g/mol. The average Bonchev–Trinajstić information content (AvgIpc) is 3.34. The minimum atomic E-state index is -0.165. The van der Waals surface area contributed by atoms with Gasteiger partial charge in [0.2, 0.25) is 11.8 Å². The number of hydrogen-bond acceptors (Lipinski definition) is 6. The van der Waals surface area contributed by atoms with Crippen molar-refractivity contribution in [2.45, 2.75) is 25.8 Å². The van der Waals surface area contributed by atoms with E-state index in [-0.39, 0.29) is 24.7 Å². The van der Waals surface area contributed by atoms with Gasteiger partial charge in [-0.3, -0.25) is 9.59 Å². The molecule has 2 amide bonds. The predicted molar refractivity (Wildman–Crippen MR) is 143 cm³/mol. The van der Waals surface area contributed by atoms with Crippen LogP contribution in [0.4, 0.5) is 22.7 Å². The highest BCUT2D eigenvalue weighted by Gasteiger charge is 2.09. The number of rotatable bonds is 10. The minimum Gasteiger partial charge on any atom is -0.397 e. The highest BCUT2D eigenvalue weighted by Crippen LogP contribution is 2.27. The van der Waals surface area contributed by atoms with E-state index in [4.69, 9.17) is 5.73 Å². The molecule has 4 rings (SSSR count). The van der Waals surface area contributed by atoms with Crippen LogP contribution < -0.4 is 21.7 Å². The van der Waals surface area contributed by atoms with E-state index in [9.17, 15) is 9.59 Å². The van der Waals surface area contributed by atoms with Crippen LogP contribution in [0, 0.1) is 0 Å². The Labute approximate surface area is 208 Å². The molecule has 8 heteroatoms. The Morgan fingerprint density at radius 1 is 0.800 bits per heavy atom. The number of carbonyl (C=O) groups is 2. The van der Waals surface area contributed by atoms with Gasteiger partial charge in [0.15, 0.2) is 0 Å². The van der Waals surface area contributed by atoms with Crippen molar-refractivity contribution in [1.29, 1.82) is 0 Å². The van der Waals surface area contributed by atoms with Crippen molar-refractivity contribution in [2.24, 2.45) is 0 Å². The van der Waals surface area contributed by atoms with Crippen molar-refractivity contribution in [3.63, 3.8) is 0 Å². The number of amides is 2. The van der Waals surface area contributed by atoms with Gasteiger partial charge in [-0.05, 0) is 55.0 Å². The molecule has 0 spiro atoms. The van der Waals surface area contributed by atoms with Gasteiger partial charge < -0.3 is 21.7 Å². The largest absolute Gasteiger partial charge is 0.397 e. The van der Waals surface area contributed by atoms with E-state index in [1.165, 1.54) is 0 Å². The van der Waals surface area contributed by atoms with Crippen molar-refractivity contribution in [3.05, 3.63) is 89.9 Å². The average molecular weight is 486 g/mol. The topological polar surface area (TPSA) is 109 Å². The summed E-state index contributed by atoms with van der Waals surface area (Å²) >= 11 is 1.63. The van der Waals surface area contributed by atoms with Gasteiger partial charge in [0.05, 0.1) is 17.9 Å². The Balaban J connectivity index is 1.21. The molecule has 0 aliphatic carbocycles. The number of para-hydroxylation sites is 3. The second kappa shape index (κ2) is 11.8. The van der Waals surface area contributed by atoms with Gasteiger partial charge in [-0.2, -0.15) is 0 Å². The van der Waals surface area contributed by atoms with Crippen molar-refractivity contribution >= 4 is 45.9 Å². The summed E-state index contributed by atoms with van der Waals surface area (Å²) in [4.78, 5) is 30.0. The summed E-state index contributed by atoms with van der Waals surface area (Å²) in [5, 5.41) is 9.96. The maximum absolute atomic E-state index is 12.3. The molecule has 5 N–H and O–H groups in total. The molecule has 0 aliphatic rings. The molecule has 0 saturated carbocycles. The Morgan fingerprint density at radius 3 is 2.23 bits per heavy atom. The molecule has 178 valence electrons. The van der Waals surface area contributed by atoms with Crippen molar-refractivity contribution in [1.82, 2.24) is 4.98 Å². The first kappa shape index (κ1) is 24.0. The normalized spacial score (nSPS) is 10.5. The van der Waals surface area contributed by atoms with E-state index < -0.39 is 0 Å². The fraction of sp³-hybridized carbons (Fsp3) is 0.148. The summed E-state index contributed by atoms with van der Waals surface area (Å²) < 4.78 is 0. The Hall–Kier alpha value is -4.17. The number of nitrogens with zero attached hydrogens (tertiary/aromatic N) is 1. The smallest absolute Gasteiger partial charge is 0.224 e. The number of nitrogens with two attached hydrogens (primary N) is 1. The zero-order valence-electron chi connectivity index (χ0n) is 19.2. The predicted octanol–water partition coefficient (Wildman–Crippen LogP) is 5.75. The fourth-order valence-electron chi connectivity index (χ4n) is 3.42. The van der Waals surface area contributed by atoms with Crippen LogP contribution in [-0.4, -0.2) is 16.8 Å². The highest BCUT2D eigenvalue weighted by molar-refractivity contribution is 7.15. The number of thiazole rings is 1. The summed E-state index contributed by atoms with van der Waals surface area (Å²) in [6.45, 7) is 0.715. The molecule has 0 saturated heterocycles. The van der Waals surface area contributed by atoms with Gasteiger partial charge in [-0.15, -0.1) is 11.3 Å². The first-order valence-corrected chi connectivity index (χ1v) is 12.2. The molecule has 1 aromatic heterocycles. The second-order valence-electron chi connectivity index (χ2n) is 7.97. The van der Waals surface area contributed by atoms with E-state index in [1.54, 1.807) is 35.6 Å². The van der Waals surface area contributed by atoms with Gasteiger partial charge in [0, 0.05) is 40.9 Å². The highest BCUT2D eigenvalue weighted by atomic mass is 32.1. The van der Waals surface area contributed by atoms with Crippen LogP contribution in [0.1, 0.15) is 24.1 Å². The molecule has 7 nitrogen and oxygen atoms in total. The van der Waals surface area contributed by atoms with E-state index in [0.29, 0.717) is 30.0 Å². The zero-order chi connectivity index (χ0) is 24.5. The molecule has 3 aromatic carbocycles. The lowest BCUT2D eigenvalue weighted by molar-refractivity contribution is -0.117. The Kier molecular flexibility index (Phi) is 8.08. The summed E-state index contributed by atoms with van der Waals surface area (Å²) in [5.74, 6) is -0.296.